The second-order valence-corrected chi connectivity index (χ2v) is 8.10. The highest BCUT2D eigenvalue weighted by molar-refractivity contribution is 6.32. The molecule has 10 nitrogen and oxygen atoms in total. The third kappa shape index (κ3) is 4.56. The third-order valence-electron chi connectivity index (χ3n) is 5.45. The van der Waals surface area contributed by atoms with Gasteiger partial charge in [-0.1, -0.05) is 23.7 Å². The Balaban J connectivity index is 1.77. The van der Waals surface area contributed by atoms with Crippen molar-refractivity contribution >= 4 is 34.9 Å². The van der Waals surface area contributed by atoms with E-state index in [-0.39, 0.29) is 29.6 Å². The molecule has 4 rings (SSSR count). The molecule has 0 saturated carbocycles. The summed E-state index contributed by atoms with van der Waals surface area (Å²) in [7, 11) is 1.56. The van der Waals surface area contributed by atoms with Gasteiger partial charge in [-0.3, -0.25) is 5.32 Å². The first-order chi connectivity index (χ1) is 16.9. The van der Waals surface area contributed by atoms with Crippen molar-refractivity contribution in [3.63, 3.8) is 0 Å². The number of pyridine rings is 1. The number of aromatic nitrogens is 1. The van der Waals surface area contributed by atoms with Crippen LogP contribution in [0.15, 0.2) is 41.4 Å². The number of fused-ring (bicyclic) bond motifs is 1. The average molecular weight is 489 g/mol. The van der Waals surface area contributed by atoms with Crippen LogP contribution in [-0.2, 0) is 6.61 Å². The molecule has 35 heavy (non-hydrogen) atoms. The summed E-state index contributed by atoms with van der Waals surface area (Å²) in [6, 6.07) is 12.3. The SMILES string of the molecule is COc1ccc(C2N=C(NC#N)Nc3nc(N)c(C#N)c(N)c32)cc1COc1ccc(C)cc1Cl. The van der Waals surface area contributed by atoms with E-state index in [1.807, 2.05) is 43.5 Å². The lowest BCUT2D eigenvalue weighted by Gasteiger charge is -2.26. The molecule has 0 amide bonds. The van der Waals surface area contributed by atoms with Crippen molar-refractivity contribution < 1.29 is 9.47 Å². The van der Waals surface area contributed by atoms with E-state index in [9.17, 15) is 5.26 Å². The Labute approximate surface area is 206 Å². The number of benzene rings is 2. The fraction of sp³-hybridized carbons (Fsp3) is 0.167. The molecule has 1 aliphatic rings. The molecule has 6 N–H and O–H groups in total. The molecule has 3 aromatic rings. The lowest BCUT2D eigenvalue weighted by molar-refractivity contribution is 0.296. The number of ether oxygens (including phenoxy) is 2. The van der Waals surface area contributed by atoms with Crippen LogP contribution in [0.4, 0.5) is 17.3 Å². The number of guanidine groups is 1. The molecule has 2 aromatic carbocycles. The van der Waals surface area contributed by atoms with Gasteiger partial charge >= 0.3 is 0 Å². The average Bonchev–Trinajstić information content (AvgIpc) is 2.83. The van der Waals surface area contributed by atoms with E-state index < -0.39 is 6.04 Å². The highest BCUT2D eigenvalue weighted by atomic mass is 35.5. The summed E-state index contributed by atoms with van der Waals surface area (Å²) >= 11 is 6.31. The van der Waals surface area contributed by atoms with Gasteiger partial charge in [0.2, 0.25) is 5.96 Å². The van der Waals surface area contributed by atoms with E-state index in [1.165, 1.54) is 0 Å². The van der Waals surface area contributed by atoms with Crippen molar-refractivity contribution in [1.29, 1.82) is 10.5 Å². The number of aryl methyl sites for hydroxylation is 1. The third-order valence-corrected chi connectivity index (χ3v) is 5.74. The monoisotopic (exact) mass is 488 g/mol. The Hall–Kier alpha value is -4.67. The smallest absolute Gasteiger partial charge is 0.211 e. The van der Waals surface area contributed by atoms with Gasteiger partial charge < -0.3 is 26.3 Å². The number of nitrogens with zero attached hydrogens (tertiary/aromatic N) is 4. The number of nitriles is 2. The predicted octanol–water partition coefficient (Wildman–Crippen LogP) is 3.61. The van der Waals surface area contributed by atoms with Crippen LogP contribution >= 0.6 is 11.6 Å². The molecular formula is C24H21ClN8O2. The minimum absolute atomic E-state index is 0.0213. The van der Waals surface area contributed by atoms with Crippen LogP contribution in [0, 0.1) is 29.7 Å². The fourth-order valence-electron chi connectivity index (χ4n) is 3.78. The van der Waals surface area contributed by atoms with Crippen molar-refractivity contribution in [2.75, 3.05) is 23.9 Å². The number of hydrogen-bond donors (Lipinski definition) is 4. The Morgan fingerprint density at radius 3 is 2.63 bits per heavy atom. The van der Waals surface area contributed by atoms with Crippen LogP contribution < -0.4 is 31.6 Å². The van der Waals surface area contributed by atoms with Crippen molar-refractivity contribution in [3.05, 3.63) is 69.2 Å². The first-order valence-electron chi connectivity index (χ1n) is 10.4. The molecular weight excluding hydrogens is 468 g/mol. The molecule has 1 unspecified atom stereocenters. The summed E-state index contributed by atoms with van der Waals surface area (Å²) in [5.41, 5.74) is 15.4. The van der Waals surface area contributed by atoms with Gasteiger partial charge in [-0.05, 0) is 42.3 Å². The summed E-state index contributed by atoms with van der Waals surface area (Å²) in [6.45, 7) is 2.12. The highest BCUT2D eigenvalue weighted by Gasteiger charge is 2.30. The number of halogens is 1. The Bertz CT molecular complexity index is 1420. The van der Waals surface area contributed by atoms with Gasteiger partial charge in [0.25, 0.3) is 0 Å². The van der Waals surface area contributed by atoms with Crippen LogP contribution in [0.25, 0.3) is 0 Å². The molecule has 0 aliphatic carbocycles. The normalized spacial score (nSPS) is 14.0. The van der Waals surface area contributed by atoms with Crippen LogP contribution in [-0.4, -0.2) is 18.1 Å². The van der Waals surface area contributed by atoms with Crippen LogP contribution in [0.1, 0.15) is 33.9 Å². The first kappa shape index (κ1) is 23.5. The van der Waals surface area contributed by atoms with E-state index in [4.69, 9.17) is 37.8 Å². The van der Waals surface area contributed by atoms with E-state index in [0.717, 1.165) is 11.1 Å². The van der Waals surface area contributed by atoms with Gasteiger partial charge in [-0.25, -0.2) is 9.98 Å². The van der Waals surface area contributed by atoms with Crippen molar-refractivity contribution in [2.24, 2.45) is 4.99 Å². The number of nitrogens with one attached hydrogen (secondary N) is 2. The Morgan fingerprint density at radius 2 is 1.94 bits per heavy atom. The highest BCUT2D eigenvalue weighted by Crippen LogP contribution is 2.41. The molecule has 1 atom stereocenters. The maximum absolute atomic E-state index is 9.52. The quantitative estimate of drug-likeness (QED) is 0.309. The molecule has 1 aromatic heterocycles. The Morgan fingerprint density at radius 1 is 1.17 bits per heavy atom. The number of anilines is 3. The zero-order valence-electron chi connectivity index (χ0n) is 18.9. The van der Waals surface area contributed by atoms with Crippen LogP contribution in [0.2, 0.25) is 5.02 Å². The molecule has 0 spiro atoms. The number of hydrogen-bond acceptors (Lipinski definition) is 10. The summed E-state index contributed by atoms with van der Waals surface area (Å²) in [5.74, 6) is 1.59. The number of aliphatic imine (C=N–C) groups is 1. The van der Waals surface area contributed by atoms with E-state index in [2.05, 4.69) is 20.6 Å². The zero-order chi connectivity index (χ0) is 25.1. The summed E-state index contributed by atoms with van der Waals surface area (Å²) in [6.07, 6.45) is 1.83. The second-order valence-electron chi connectivity index (χ2n) is 7.70. The van der Waals surface area contributed by atoms with E-state index >= 15 is 0 Å². The summed E-state index contributed by atoms with van der Waals surface area (Å²) < 4.78 is 11.5. The topological polar surface area (TPSA) is 167 Å². The lowest BCUT2D eigenvalue weighted by Crippen LogP contribution is -2.32. The largest absolute Gasteiger partial charge is 0.496 e. The van der Waals surface area contributed by atoms with Crippen LogP contribution in [0.3, 0.4) is 0 Å². The molecule has 1 aliphatic heterocycles. The van der Waals surface area contributed by atoms with Crippen LogP contribution in [0.5, 0.6) is 11.5 Å². The molecule has 0 fully saturated rings. The standard InChI is InChI=1S/C24H21ClN8O2/c1-12-3-5-18(16(25)7-12)35-10-14-8-13(4-6-17(14)34-2)21-19-20(28)15(9-26)22(29)32-23(19)33-24(31-21)30-11-27/h3-8,21H,10H2,1-2H3,(H6,28,29,30,31,32,33). The lowest BCUT2D eigenvalue weighted by atomic mass is 9.94. The van der Waals surface area contributed by atoms with E-state index in [0.29, 0.717) is 33.5 Å². The summed E-state index contributed by atoms with van der Waals surface area (Å²) in [4.78, 5) is 8.86. The maximum Gasteiger partial charge on any atom is 0.211 e. The number of methoxy groups -OCH3 is 1. The Kier molecular flexibility index (Phi) is 6.49. The van der Waals surface area contributed by atoms with Gasteiger partial charge in [0.15, 0.2) is 6.19 Å². The molecule has 0 saturated heterocycles. The van der Waals surface area contributed by atoms with Gasteiger partial charge in [0.1, 0.15) is 47.4 Å². The zero-order valence-corrected chi connectivity index (χ0v) is 19.6. The number of nitrogen functional groups attached to an aromatic ring is 2. The summed E-state index contributed by atoms with van der Waals surface area (Å²) in [5, 5.41) is 24.5. The van der Waals surface area contributed by atoms with Crippen molar-refractivity contribution in [2.45, 2.75) is 19.6 Å². The number of rotatable bonds is 5. The molecule has 0 radical (unpaired) electrons. The second kappa shape index (κ2) is 9.67. The first-order valence-corrected chi connectivity index (χ1v) is 10.8. The predicted molar refractivity (Wildman–Crippen MR) is 133 cm³/mol. The minimum atomic E-state index is -0.685. The molecule has 176 valence electrons. The van der Waals surface area contributed by atoms with Crippen molar-refractivity contribution in [3.8, 4) is 23.8 Å². The molecule has 11 heteroatoms. The van der Waals surface area contributed by atoms with Gasteiger partial charge in [-0.15, -0.1) is 0 Å². The minimum Gasteiger partial charge on any atom is -0.496 e. The van der Waals surface area contributed by atoms with E-state index in [1.54, 1.807) is 19.2 Å². The van der Waals surface area contributed by atoms with Crippen molar-refractivity contribution in [1.82, 2.24) is 10.3 Å². The maximum atomic E-state index is 9.52. The fourth-order valence-corrected chi connectivity index (χ4v) is 4.07. The molecule has 2 heterocycles. The molecule has 0 bridgehead atoms. The van der Waals surface area contributed by atoms with Gasteiger partial charge in [0.05, 0.1) is 17.8 Å². The van der Waals surface area contributed by atoms with Gasteiger partial charge in [0, 0.05) is 11.1 Å². The van der Waals surface area contributed by atoms with Gasteiger partial charge in [-0.2, -0.15) is 10.5 Å². The number of nitrogens with two attached hydrogens (primary N) is 2.